The van der Waals surface area contributed by atoms with Gasteiger partial charge in [-0.1, -0.05) is 71.5 Å². The molecule has 0 fully saturated rings. The van der Waals surface area contributed by atoms with Crippen molar-refractivity contribution in [2.24, 2.45) is 0 Å². The van der Waals surface area contributed by atoms with E-state index >= 15 is 0 Å². The number of hydrogen-bond acceptors (Lipinski definition) is 4. The molecule has 0 radical (unpaired) electrons. The SMILES string of the molecule is O=C(c1ccc(Cc2ccccc2)cc1)N(Cc1ccccn1)c1nc2ccc(Cl)cc2s1. The van der Waals surface area contributed by atoms with Crippen LogP contribution >= 0.6 is 22.9 Å². The van der Waals surface area contributed by atoms with Crippen LogP contribution in [0.1, 0.15) is 27.2 Å². The maximum atomic E-state index is 13.6. The number of hydrogen-bond donors (Lipinski definition) is 0. The Morgan fingerprint density at radius 3 is 2.39 bits per heavy atom. The molecule has 0 aliphatic heterocycles. The van der Waals surface area contributed by atoms with Gasteiger partial charge in [0.1, 0.15) is 0 Å². The molecular formula is C27H20ClN3OS. The Hall–Kier alpha value is -3.54. The second-order valence-corrected chi connectivity index (χ2v) is 9.13. The molecule has 6 heteroatoms. The van der Waals surface area contributed by atoms with E-state index in [1.165, 1.54) is 16.9 Å². The summed E-state index contributed by atoms with van der Waals surface area (Å²) in [5.74, 6) is -0.114. The van der Waals surface area contributed by atoms with Crippen molar-refractivity contribution in [2.45, 2.75) is 13.0 Å². The van der Waals surface area contributed by atoms with Crippen LogP contribution in [0.3, 0.4) is 0 Å². The van der Waals surface area contributed by atoms with Crippen LogP contribution in [0.4, 0.5) is 5.13 Å². The second kappa shape index (κ2) is 9.53. The Kier molecular flexibility index (Phi) is 6.15. The molecule has 0 saturated carbocycles. The third-order valence-electron chi connectivity index (χ3n) is 5.31. The molecule has 0 saturated heterocycles. The van der Waals surface area contributed by atoms with Gasteiger partial charge in [0.05, 0.1) is 22.5 Å². The monoisotopic (exact) mass is 469 g/mol. The van der Waals surface area contributed by atoms with Crippen molar-refractivity contribution >= 4 is 44.2 Å². The number of thiazole rings is 1. The normalized spacial score (nSPS) is 10.9. The van der Waals surface area contributed by atoms with E-state index in [9.17, 15) is 4.79 Å². The van der Waals surface area contributed by atoms with Gasteiger partial charge in [0.15, 0.2) is 5.13 Å². The molecule has 4 nitrogen and oxygen atoms in total. The van der Waals surface area contributed by atoms with E-state index in [0.717, 1.165) is 27.9 Å². The molecule has 0 bridgehead atoms. The third-order valence-corrected chi connectivity index (χ3v) is 6.59. The standard InChI is InChI=1S/C27H20ClN3OS/c28-22-13-14-24-25(17-22)33-27(30-24)31(18-23-8-4-5-15-29-23)26(32)21-11-9-20(10-12-21)16-19-6-2-1-3-7-19/h1-15,17H,16,18H2. The van der Waals surface area contributed by atoms with Gasteiger partial charge in [0.2, 0.25) is 0 Å². The first-order chi connectivity index (χ1) is 16.2. The van der Waals surface area contributed by atoms with Crippen molar-refractivity contribution in [1.82, 2.24) is 9.97 Å². The maximum absolute atomic E-state index is 13.6. The molecule has 3 aromatic carbocycles. The molecule has 2 heterocycles. The minimum Gasteiger partial charge on any atom is -0.278 e. The summed E-state index contributed by atoms with van der Waals surface area (Å²) < 4.78 is 0.939. The van der Waals surface area contributed by atoms with Crippen LogP contribution in [-0.2, 0) is 13.0 Å². The lowest BCUT2D eigenvalue weighted by molar-refractivity contribution is 0.0985. The molecule has 33 heavy (non-hydrogen) atoms. The first kappa shape index (κ1) is 21.3. The van der Waals surface area contributed by atoms with Crippen molar-refractivity contribution in [2.75, 3.05) is 4.90 Å². The zero-order chi connectivity index (χ0) is 22.6. The predicted octanol–water partition coefficient (Wildman–Crippen LogP) is 6.78. The van der Waals surface area contributed by atoms with Crippen LogP contribution in [-0.4, -0.2) is 15.9 Å². The van der Waals surface area contributed by atoms with E-state index in [0.29, 0.717) is 22.3 Å². The van der Waals surface area contributed by atoms with E-state index < -0.39 is 0 Å². The Morgan fingerprint density at radius 2 is 1.64 bits per heavy atom. The Morgan fingerprint density at radius 1 is 0.879 bits per heavy atom. The van der Waals surface area contributed by atoms with Gasteiger partial charge in [-0.3, -0.25) is 14.7 Å². The number of nitrogens with zero attached hydrogens (tertiary/aromatic N) is 3. The summed E-state index contributed by atoms with van der Waals surface area (Å²) >= 11 is 7.61. The highest BCUT2D eigenvalue weighted by Crippen LogP contribution is 2.32. The molecule has 0 unspecified atom stereocenters. The highest BCUT2D eigenvalue weighted by molar-refractivity contribution is 7.22. The quantitative estimate of drug-likeness (QED) is 0.275. The molecule has 0 atom stereocenters. The number of amides is 1. The fourth-order valence-electron chi connectivity index (χ4n) is 3.63. The summed E-state index contributed by atoms with van der Waals surface area (Å²) in [6.45, 7) is 0.332. The van der Waals surface area contributed by atoms with Gasteiger partial charge in [0.25, 0.3) is 5.91 Å². The molecule has 0 aliphatic rings. The molecule has 162 valence electrons. The van der Waals surface area contributed by atoms with Crippen LogP contribution in [0.5, 0.6) is 0 Å². The van der Waals surface area contributed by atoms with Gasteiger partial charge in [-0.2, -0.15) is 0 Å². The highest BCUT2D eigenvalue weighted by atomic mass is 35.5. The number of pyridine rings is 1. The average molecular weight is 470 g/mol. The Bertz CT molecular complexity index is 1390. The van der Waals surface area contributed by atoms with E-state index in [1.54, 1.807) is 11.1 Å². The number of benzene rings is 3. The number of halogens is 1. The van der Waals surface area contributed by atoms with Crippen LogP contribution < -0.4 is 4.90 Å². The largest absolute Gasteiger partial charge is 0.278 e. The van der Waals surface area contributed by atoms with Gasteiger partial charge < -0.3 is 0 Å². The molecule has 2 aromatic heterocycles. The molecule has 0 spiro atoms. The molecule has 5 rings (SSSR count). The number of carbonyl (C=O) groups is 1. The molecule has 5 aromatic rings. The zero-order valence-electron chi connectivity index (χ0n) is 17.7. The van der Waals surface area contributed by atoms with Crippen molar-refractivity contribution in [1.29, 1.82) is 0 Å². The van der Waals surface area contributed by atoms with Crippen molar-refractivity contribution < 1.29 is 4.79 Å². The van der Waals surface area contributed by atoms with Crippen molar-refractivity contribution in [3.05, 3.63) is 125 Å². The zero-order valence-corrected chi connectivity index (χ0v) is 19.3. The summed E-state index contributed by atoms with van der Waals surface area (Å²) in [4.78, 5) is 24.4. The number of anilines is 1. The van der Waals surface area contributed by atoms with Gasteiger partial charge in [-0.25, -0.2) is 4.98 Å². The molecular weight excluding hydrogens is 450 g/mol. The van der Waals surface area contributed by atoms with Gasteiger partial charge >= 0.3 is 0 Å². The summed E-state index contributed by atoms with van der Waals surface area (Å²) in [6.07, 6.45) is 2.56. The van der Waals surface area contributed by atoms with E-state index in [1.807, 2.05) is 78.9 Å². The molecule has 0 aliphatic carbocycles. The second-order valence-electron chi connectivity index (χ2n) is 7.68. The Labute approximate surface area is 201 Å². The smallest absolute Gasteiger partial charge is 0.260 e. The number of fused-ring (bicyclic) bond motifs is 1. The lowest BCUT2D eigenvalue weighted by Crippen LogP contribution is -2.30. The van der Waals surface area contributed by atoms with Crippen LogP contribution in [0, 0.1) is 0 Å². The van der Waals surface area contributed by atoms with Gasteiger partial charge in [-0.15, -0.1) is 0 Å². The van der Waals surface area contributed by atoms with E-state index in [2.05, 4.69) is 17.1 Å². The molecule has 1 amide bonds. The predicted molar refractivity (Wildman–Crippen MR) is 135 cm³/mol. The van der Waals surface area contributed by atoms with Gasteiger partial charge in [0, 0.05) is 16.8 Å². The first-order valence-corrected chi connectivity index (χ1v) is 11.8. The number of aromatic nitrogens is 2. The van der Waals surface area contributed by atoms with Crippen LogP contribution in [0.25, 0.3) is 10.2 Å². The van der Waals surface area contributed by atoms with Crippen molar-refractivity contribution in [3.8, 4) is 0 Å². The average Bonchev–Trinajstić information content (AvgIpc) is 3.27. The Balaban J connectivity index is 1.45. The lowest BCUT2D eigenvalue weighted by atomic mass is 10.0. The minimum atomic E-state index is -0.114. The van der Waals surface area contributed by atoms with E-state index in [4.69, 9.17) is 16.6 Å². The van der Waals surface area contributed by atoms with E-state index in [-0.39, 0.29) is 5.91 Å². The summed E-state index contributed by atoms with van der Waals surface area (Å²) in [5.41, 5.74) is 4.62. The number of rotatable bonds is 6. The minimum absolute atomic E-state index is 0.114. The fourth-order valence-corrected chi connectivity index (χ4v) is 4.87. The summed E-state index contributed by atoms with van der Waals surface area (Å²) in [6, 6.07) is 29.3. The fraction of sp³-hybridized carbons (Fsp3) is 0.0741. The van der Waals surface area contributed by atoms with Crippen molar-refractivity contribution in [3.63, 3.8) is 0 Å². The lowest BCUT2D eigenvalue weighted by Gasteiger charge is -2.20. The highest BCUT2D eigenvalue weighted by Gasteiger charge is 2.22. The third kappa shape index (κ3) is 4.95. The van der Waals surface area contributed by atoms with Crippen LogP contribution in [0.2, 0.25) is 5.02 Å². The van der Waals surface area contributed by atoms with Gasteiger partial charge in [-0.05, 0) is 60.0 Å². The molecule has 0 N–H and O–H groups in total. The maximum Gasteiger partial charge on any atom is 0.260 e. The van der Waals surface area contributed by atoms with Crippen LogP contribution in [0.15, 0.2) is 97.2 Å². The summed E-state index contributed by atoms with van der Waals surface area (Å²) in [5, 5.41) is 1.27. The number of carbonyl (C=O) groups excluding carboxylic acids is 1. The summed E-state index contributed by atoms with van der Waals surface area (Å²) in [7, 11) is 0. The topological polar surface area (TPSA) is 46.1 Å². The first-order valence-electron chi connectivity index (χ1n) is 10.6.